The second-order valence-electron chi connectivity index (χ2n) is 4.46. The number of hydrogen-bond acceptors (Lipinski definition) is 0. The Balaban J connectivity index is 1.77. The molecule has 0 radical (unpaired) electrons. The van der Waals surface area contributed by atoms with Crippen LogP contribution in [0.2, 0.25) is 0 Å². The van der Waals surface area contributed by atoms with Gasteiger partial charge in [-0.05, 0) is 31.6 Å². The maximum Gasteiger partial charge on any atom is -0.0292 e. The maximum atomic E-state index is 2.49. The SMILES string of the molecule is C1=C(CC2CCCCC2)CCC1. The molecule has 68 valence electrons. The molecule has 0 saturated heterocycles. The van der Waals surface area contributed by atoms with Crippen molar-refractivity contribution in [2.24, 2.45) is 5.92 Å². The summed E-state index contributed by atoms with van der Waals surface area (Å²) in [6, 6.07) is 0. The fourth-order valence-corrected chi connectivity index (χ4v) is 2.68. The zero-order chi connectivity index (χ0) is 8.23. The van der Waals surface area contributed by atoms with Gasteiger partial charge in [-0.3, -0.25) is 0 Å². The predicted octanol–water partition coefficient (Wildman–Crippen LogP) is 4.07. The Morgan fingerprint density at radius 3 is 2.58 bits per heavy atom. The lowest BCUT2D eigenvalue weighted by atomic mass is 9.84. The van der Waals surface area contributed by atoms with Crippen molar-refractivity contribution < 1.29 is 0 Å². The summed E-state index contributed by atoms with van der Waals surface area (Å²) in [7, 11) is 0. The van der Waals surface area contributed by atoms with E-state index in [2.05, 4.69) is 6.08 Å². The third-order valence-corrected chi connectivity index (χ3v) is 3.41. The van der Waals surface area contributed by atoms with E-state index in [9.17, 15) is 0 Å². The van der Waals surface area contributed by atoms with Crippen molar-refractivity contribution in [2.45, 2.75) is 57.8 Å². The van der Waals surface area contributed by atoms with Crippen LogP contribution in [0.5, 0.6) is 0 Å². The van der Waals surface area contributed by atoms with E-state index in [1.807, 2.05) is 0 Å². The van der Waals surface area contributed by atoms with Crippen LogP contribution in [0.15, 0.2) is 11.6 Å². The first-order valence-corrected chi connectivity index (χ1v) is 5.63. The minimum atomic E-state index is 1.06. The molecule has 0 nitrogen and oxygen atoms in total. The molecule has 0 aromatic rings. The topological polar surface area (TPSA) is 0 Å². The van der Waals surface area contributed by atoms with Crippen molar-refractivity contribution in [3.05, 3.63) is 11.6 Å². The molecule has 2 aliphatic rings. The van der Waals surface area contributed by atoms with Crippen LogP contribution in [-0.2, 0) is 0 Å². The highest BCUT2D eigenvalue weighted by atomic mass is 14.2. The first-order valence-electron chi connectivity index (χ1n) is 5.63. The van der Waals surface area contributed by atoms with E-state index in [0.717, 1.165) is 5.92 Å². The summed E-state index contributed by atoms with van der Waals surface area (Å²) in [6.45, 7) is 0. The van der Waals surface area contributed by atoms with Crippen molar-refractivity contribution in [1.29, 1.82) is 0 Å². The molecule has 0 N–H and O–H groups in total. The van der Waals surface area contributed by atoms with Crippen LogP contribution in [-0.4, -0.2) is 0 Å². The molecule has 0 aromatic heterocycles. The monoisotopic (exact) mass is 164 g/mol. The van der Waals surface area contributed by atoms with Crippen molar-refractivity contribution >= 4 is 0 Å². The van der Waals surface area contributed by atoms with Gasteiger partial charge in [-0.2, -0.15) is 0 Å². The summed E-state index contributed by atoms with van der Waals surface area (Å²) in [4.78, 5) is 0. The lowest BCUT2D eigenvalue weighted by Gasteiger charge is -2.21. The van der Waals surface area contributed by atoms with E-state index in [4.69, 9.17) is 0 Å². The Hall–Kier alpha value is -0.260. The van der Waals surface area contributed by atoms with Gasteiger partial charge in [0.05, 0.1) is 0 Å². The van der Waals surface area contributed by atoms with Gasteiger partial charge in [0.2, 0.25) is 0 Å². The van der Waals surface area contributed by atoms with Crippen molar-refractivity contribution in [2.75, 3.05) is 0 Å². The van der Waals surface area contributed by atoms with Gasteiger partial charge in [-0.15, -0.1) is 0 Å². The molecule has 0 aliphatic heterocycles. The van der Waals surface area contributed by atoms with Crippen LogP contribution in [0.3, 0.4) is 0 Å². The first-order chi connectivity index (χ1) is 5.95. The molecule has 0 unspecified atom stereocenters. The van der Waals surface area contributed by atoms with Gasteiger partial charge in [-0.25, -0.2) is 0 Å². The van der Waals surface area contributed by atoms with E-state index in [1.165, 1.54) is 57.8 Å². The molecular weight excluding hydrogens is 144 g/mol. The quantitative estimate of drug-likeness (QED) is 0.540. The van der Waals surface area contributed by atoms with Gasteiger partial charge in [0, 0.05) is 0 Å². The number of rotatable bonds is 2. The average Bonchev–Trinajstić information content (AvgIpc) is 2.59. The van der Waals surface area contributed by atoms with E-state index in [0.29, 0.717) is 0 Å². The van der Waals surface area contributed by atoms with Crippen molar-refractivity contribution in [3.63, 3.8) is 0 Å². The Kier molecular flexibility index (Phi) is 2.86. The summed E-state index contributed by atoms with van der Waals surface area (Å²) in [5.74, 6) is 1.06. The normalized spacial score (nSPS) is 25.8. The highest BCUT2D eigenvalue weighted by molar-refractivity contribution is 5.08. The Morgan fingerprint density at radius 1 is 1.08 bits per heavy atom. The Labute approximate surface area is 76.1 Å². The fraction of sp³-hybridized carbons (Fsp3) is 0.833. The Bertz CT molecular complexity index is 161. The maximum absolute atomic E-state index is 2.49. The molecule has 0 atom stereocenters. The average molecular weight is 164 g/mol. The molecule has 0 heteroatoms. The van der Waals surface area contributed by atoms with Crippen LogP contribution >= 0.6 is 0 Å². The molecule has 0 bridgehead atoms. The second kappa shape index (κ2) is 4.11. The summed E-state index contributed by atoms with van der Waals surface area (Å²) in [5.41, 5.74) is 1.78. The highest BCUT2D eigenvalue weighted by Gasteiger charge is 2.15. The molecule has 0 amide bonds. The molecular formula is C12H20. The predicted molar refractivity (Wildman–Crippen MR) is 53.1 cm³/mol. The van der Waals surface area contributed by atoms with Crippen LogP contribution in [0, 0.1) is 5.92 Å². The molecule has 2 rings (SSSR count). The van der Waals surface area contributed by atoms with Gasteiger partial charge in [0.15, 0.2) is 0 Å². The molecule has 2 aliphatic carbocycles. The van der Waals surface area contributed by atoms with Crippen molar-refractivity contribution in [1.82, 2.24) is 0 Å². The van der Waals surface area contributed by atoms with Crippen molar-refractivity contribution in [3.8, 4) is 0 Å². The molecule has 1 saturated carbocycles. The van der Waals surface area contributed by atoms with Crippen LogP contribution in [0.4, 0.5) is 0 Å². The number of hydrogen-bond donors (Lipinski definition) is 0. The largest absolute Gasteiger partial charge is 0.0853 e. The van der Waals surface area contributed by atoms with Crippen LogP contribution in [0.1, 0.15) is 57.8 Å². The Morgan fingerprint density at radius 2 is 1.92 bits per heavy atom. The standard InChI is InChI=1S/C12H20/c1-2-6-11(7-3-1)10-12-8-4-5-9-12/h8,11H,1-7,9-10H2. The van der Waals surface area contributed by atoms with Gasteiger partial charge in [0.25, 0.3) is 0 Å². The molecule has 12 heavy (non-hydrogen) atoms. The van der Waals surface area contributed by atoms with Gasteiger partial charge in [0.1, 0.15) is 0 Å². The van der Waals surface area contributed by atoms with E-state index < -0.39 is 0 Å². The zero-order valence-corrected chi connectivity index (χ0v) is 8.02. The lowest BCUT2D eigenvalue weighted by molar-refractivity contribution is 0.354. The molecule has 1 fully saturated rings. The third kappa shape index (κ3) is 2.12. The van der Waals surface area contributed by atoms with E-state index in [-0.39, 0.29) is 0 Å². The first kappa shape index (κ1) is 8.34. The lowest BCUT2D eigenvalue weighted by Crippen LogP contribution is -2.06. The molecule has 0 aromatic carbocycles. The summed E-state index contributed by atoms with van der Waals surface area (Å²) in [5, 5.41) is 0. The minimum absolute atomic E-state index is 1.06. The summed E-state index contributed by atoms with van der Waals surface area (Å²) >= 11 is 0. The second-order valence-corrected chi connectivity index (χ2v) is 4.46. The van der Waals surface area contributed by atoms with Crippen LogP contribution in [0.25, 0.3) is 0 Å². The zero-order valence-electron chi connectivity index (χ0n) is 8.02. The summed E-state index contributed by atoms with van der Waals surface area (Å²) < 4.78 is 0. The van der Waals surface area contributed by atoms with Gasteiger partial charge >= 0.3 is 0 Å². The fourth-order valence-electron chi connectivity index (χ4n) is 2.68. The van der Waals surface area contributed by atoms with E-state index >= 15 is 0 Å². The molecule has 0 heterocycles. The smallest absolute Gasteiger partial charge is 0.0292 e. The van der Waals surface area contributed by atoms with Gasteiger partial charge in [-0.1, -0.05) is 43.8 Å². The summed E-state index contributed by atoms with van der Waals surface area (Å²) in [6.07, 6.45) is 15.7. The third-order valence-electron chi connectivity index (χ3n) is 3.41. The van der Waals surface area contributed by atoms with Crippen LogP contribution < -0.4 is 0 Å². The van der Waals surface area contributed by atoms with E-state index in [1.54, 1.807) is 5.57 Å². The van der Waals surface area contributed by atoms with Gasteiger partial charge < -0.3 is 0 Å². The molecule has 0 spiro atoms. The number of allylic oxidation sites excluding steroid dienone is 2. The minimum Gasteiger partial charge on any atom is -0.0853 e. The highest BCUT2D eigenvalue weighted by Crippen LogP contribution is 2.32.